The van der Waals surface area contributed by atoms with Gasteiger partial charge in [-0.15, -0.1) is 11.3 Å². The average molecular weight is 459 g/mol. The van der Waals surface area contributed by atoms with Crippen molar-refractivity contribution in [2.24, 2.45) is 0 Å². The van der Waals surface area contributed by atoms with Crippen LogP contribution in [0.25, 0.3) is 10.2 Å². The van der Waals surface area contributed by atoms with E-state index < -0.39 is 0 Å². The molecule has 4 rings (SSSR count). The maximum absolute atomic E-state index is 6.57. The number of hydrogen-bond donors (Lipinski definition) is 1. The van der Waals surface area contributed by atoms with Crippen LogP contribution < -0.4 is 5.32 Å². The van der Waals surface area contributed by atoms with Gasteiger partial charge in [0.1, 0.15) is 0 Å². The Bertz CT molecular complexity index is 1180. The first kappa shape index (κ1) is 20.5. The molecule has 3 aromatic carbocycles. The van der Waals surface area contributed by atoms with Crippen LogP contribution in [0.5, 0.6) is 0 Å². The molecule has 0 saturated carbocycles. The summed E-state index contributed by atoms with van der Waals surface area (Å²) >= 11 is 16.3. The standard InChI is InChI=1S/C23H20Cl2N2S2/c1-13-4-6-16(15(3)8-13)12-26-17-10-18(24)22(19(25)11-17)29-23-27-20-9-14(2)5-7-21(20)28-23/h4-11,26H,12H2,1-3H3. The molecule has 0 aliphatic carbocycles. The van der Waals surface area contributed by atoms with Gasteiger partial charge < -0.3 is 5.32 Å². The second kappa shape index (κ2) is 8.57. The molecule has 0 fully saturated rings. The highest BCUT2D eigenvalue weighted by atomic mass is 35.5. The average Bonchev–Trinajstić information content (AvgIpc) is 3.05. The third-order valence-corrected chi connectivity index (χ3v) is 7.75. The molecule has 6 heteroatoms. The molecule has 0 amide bonds. The Balaban J connectivity index is 1.53. The number of aryl methyl sites for hydroxylation is 3. The van der Waals surface area contributed by atoms with E-state index in [1.54, 1.807) is 11.3 Å². The highest BCUT2D eigenvalue weighted by Crippen LogP contribution is 2.43. The second-order valence-electron chi connectivity index (χ2n) is 7.11. The summed E-state index contributed by atoms with van der Waals surface area (Å²) in [7, 11) is 0. The summed E-state index contributed by atoms with van der Waals surface area (Å²) in [6.45, 7) is 7.03. The lowest BCUT2D eigenvalue weighted by Crippen LogP contribution is -2.01. The molecule has 2 nitrogen and oxygen atoms in total. The van der Waals surface area contributed by atoms with Crippen molar-refractivity contribution in [1.29, 1.82) is 0 Å². The fraction of sp³-hybridized carbons (Fsp3) is 0.174. The molecule has 0 aliphatic rings. The highest BCUT2D eigenvalue weighted by Gasteiger charge is 2.13. The first-order valence-electron chi connectivity index (χ1n) is 9.23. The molecule has 1 heterocycles. The smallest absolute Gasteiger partial charge is 0.156 e. The minimum Gasteiger partial charge on any atom is -0.381 e. The Morgan fingerprint density at radius 3 is 2.34 bits per heavy atom. The van der Waals surface area contributed by atoms with Crippen molar-refractivity contribution in [3.8, 4) is 0 Å². The number of rotatable bonds is 5. The monoisotopic (exact) mass is 458 g/mol. The van der Waals surface area contributed by atoms with Crippen LogP contribution in [-0.4, -0.2) is 4.98 Å². The zero-order chi connectivity index (χ0) is 20.5. The van der Waals surface area contributed by atoms with Crippen LogP contribution in [0.3, 0.4) is 0 Å². The van der Waals surface area contributed by atoms with Crippen LogP contribution in [0, 0.1) is 20.8 Å². The van der Waals surface area contributed by atoms with Crippen molar-refractivity contribution in [3.63, 3.8) is 0 Å². The van der Waals surface area contributed by atoms with Crippen LogP contribution >= 0.6 is 46.3 Å². The van der Waals surface area contributed by atoms with E-state index in [4.69, 9.17) is 28.2 Å². The number of benzene rings is 3. The summed E-state index contributed by atoms with van der Waals surface area (Å²) in [5, 5.41) is 4.68. The largest absolute Gasteiger partial charge is 0.381 e. The Labute approximate surface area is 189 Å². The normalized spacial score (nSPS) is 11.2. The van der Waals surface area contributed by atoms with Crippen molar-refractivity contribution >= 4 is 62.2 Å². The van der Waals surface area contributed by atoms with Gasteiger partial charge in [0.25, 0.3) is 0 Å². The first-order valence-corrected chi connectivity index (χ1v) is 11.6. The fourth-order valence-electron chi connectivity index (χ4n) is 3.15. The van der Waals surface area contributed by atoms with Gasteiger partial charge in [-0.25, -0.2) is 4.98 Å². The lowest BCUT2D eigenvalue weighted by Gasteiger charge is -2.12. The molecule has 148 valence electrons. The van der Waals surface area contributed by atoms with Crippen molar-refractivity contribution < 1.29 is 0 Å². The molecule has 0 bridgehead atoms. The molecule has 0 atom stereocenters. The molecule has 0 aliphatic heterocycles. The third kappa shape index (κ3) is 4.72. The number of anilines is 1. The van der Waals surface area contributed by atoms with Crippen molar-refractivity contribution in [2.45, 2.75) is 36.6 Å². The molecule has 0 saturated heterocycles. The molecular weight excluding hydrogens is 439 g/mol. The van der Waals surface area contributed by atoms with Crippen molar-refractivity contribution in [1.82, 2.24) is 4.98 Å². The molecular formula is C23H20Cl2N2S2. The Hall–Kier alpha value is -1.72. The zero-order valence-corrected chi connectivity index (χ0v) is 19.5. The molecule has 0 spiro atoms. The Kier molecular flexibility index (Phi) is 6.07. The van der Waals surface area contributed by atoms with Crippen LogP contribution in [0.15, 0.2) is 57.8 Å². The Morgan fingerprint density at radius 2 is 1.62 bits per heavy atom. The number of hydrogen-bond acceptors (Lipinski definition) is 4. The predicted molar refractivity (Wildman–Crippen MR) is 128 cm³/mol. The topological polar surface area (TPSA) is 24.9 Å². The van der Waals surface area contributed by atoms with Crippen LogP contribution in [0.1, 0.15) is 22.3 Å². The van der Waals surface area contributed by atoms with Crippen LogP contribution in [-0.2, 0) is 6.54 Å². The van der Waals surface area contributed by atoms with E-state index in [1.165, 1.54) is 34.0 Å². The van der Waals surface area contributed by atoms with Gasteiger partial charge in [-0.2, -0.15) is 0 Å². The summed E-state index contributed by atoms with van der Waals surface area (Å²) in [6.07, 6.45) is 0. The third-order valence-electron chi connectivity index (χ3n) is 4.69. The maximum Gasteiger partial charge on any atom is 0.156 e. The molecule has 1 aromatic heterocycles. The van der Waals surface area contributed by atoms with E-state index in [0.29, 0.717) is 10.0 Å². The lowest BCUT2D eigenvalue weighted by molar-refractivity contribution is 1.11. The van der Waals surface area contributed by atoms with E-state index in [-0.39, 0.29) is 0 Å². The Morgan fingerprint density at radius 1 is 0.931 bits per heavy atom. The van der Waals surface area contributed by atoms with Gasteiger partial charge in [0.05, 0.1) is 25.2 Å². The quantitative estimate of drug-likeness (QED) is 0.325. The summed E-state index contributed by atoms with van der Waals surface area (Å²) < 4.78 is 2.10. The van der Waals surface area contributed by atoms with Crippen LogP contribution in [0.2, 0.25) is 10.0 Å². The highest BCUT2D eigenvalue weighted by molar-refractivity contribution is 8.01. The molecule has 4 aromatic rings. The minimum atomic E-state index is 0.626. The summed E-state index contributed by atoms with van der Waals surface area (Å²) in [4.78, 5) is 5.55. The number of thiazole rings is 1. The van der Waals surface area contributed by atoms with Gasteiger partial charge in [0.15, 0.2) is 4.34 Å². The van der Waals surface area contributed by atoms with E-state index in [2.05, 4.69) is 62.5 Å². The maximum atomic E-state index is 6.57. The van der Waals surface area contributed by atoms with Crippen LogP contribution in [0.4, 0.5) is 5.69 Å². The number of nitrogens with one attached hydrogen (secondary N) is 1. The van der Waals surface area contributed by atoms with Crippen molar-refractivity contribution in [2.75, 3.05) is 5.32 Å². The van der Waals surface area contributed by atoms with E-state index in [0.717, 1.165) is 31.7 Å². The number of aromatic nitrogens is 1. The fourth-order valence-corrected chi connectivity index (χ4v) is 5.86. The minimum absolute atomic E-state index is 0.626. The zero-order valence-electron chi connectivity index (χ0n) is 16.3. The number of halogens is 2. The summed E-state index contributed by atoms with van der Waals surface area (Å²) in [5.74, 6) is 0. The van der Waals surface area contributed by atoms with Gasteiger partial charge in [0, 0.05) is 12.2 Å². The molecule has 0 unspecified atom stereocenters. The molecule has 0 radical (unpaired) electrons. The molecule has 29 heavy (non-hydrogen) atoms. The first-order chi connectivity index (χ1) is 13.9. The summed E-state index contributed by atoms with van der Waals surface area (Å²) in [6, 6.07) is 16.6. The SMILES string of the molecule is Cc1ccc(CNc2cc(Cl)c(Sc3nc4cc(C)ccc4s3)c(Cl)c2)c(C)c1. The number of nitrogens with zero attached hydrogens (tertiary/aromatic N) is 1. The van der Waals surface area contributed by atoms with Gasteiger partial charge in [-0.05, 0) is 61.7 Å². The van der Waals surface area contributed by atoms with Gasteiger partial charge >= 0.3 is 0 Å². The van der Waals surface area contributed by atoms with Gasteiger partial charge in [-0.3, -0.25) is 0 Å². The van der Waals surface area contributed by atoms with E-state index >= 15 is 0 Å². The van der Waals surface area contributed by atoms with Gasteiger partial charge in [0.2, 0.25) is 0 Å². The van der Waals surface area contributed by atoms with E-state index in [1.807, 2.05) is 12.1 Å². The lowest BCUT2D eigenvalue weighted by atomic mass is 10.1. The second-order valence-corrected chi connectivity index (χ2v) is 10.2. The number of fused-ring (bicyclic) bond motifs is 1. The summed E-state index contributed by atoms with van der Waals surface area (Å²) in [5.41, 5.74) is 6.91. The van der Waals surface area contributed by atoms with Crippen molar-refractivity contribution in [3.05, 3.63) is 80.8 Å². The van der Waals surface area contributed by atoms with E-state index in [9.17, 15) is 0 Å². The van der Waals surface area contributed by atoms with Gasteiger partial charge in [-0.1, -0.05) is 64.8 Å². The predicted octanol–water partition coefficient (Wildman–Crippen LogP) is 8.29. The molecule has 1 N–H and O–H groups in total.